The molecule has 1 rings (SSSR count). The molecule has 3 atom stereocenters. The molecule has 1 aliphatic rings. The van der Waals surface area contributed by atoms with E-state index in [0.717, 1.165) is 25.7 Å². The van der Waals surface area contributed by atoms with Crippen LogP contribution in [0.15, 0.2) is 12.7 Å². The molecule has 0 aromatic heterocycles. The Morgan fingerprint density at radius 1 is 1.67 bits per heavy atom. The van der Waals surface area contributed by atoms with Gasteiger partial charge < -0.3 is 10.5 Å². The maximum atomic E-state index is 5.95. The number of rotatable bonds is 4. The molecule has 1 aliphatic heterocycles. The first-order valence-corrected chi connectivity index (χ1v) is 4.76. The number of hydrogen-bond acceptors (Lipinski definition) is 2. The quantitative estimate of drug-likeness (QED) is 0.652. The van der Waals surface area contributed by atoms with Gasteiger partial charge in [-0.2, -0.15) is 0 Å². The SMILES string of the molecule is C=CCCC(N)C1CCC(C)O1. The van der Waals surface area contributed by atoms with E-state index >= 15 is 0 Å². The minimum Gasteiger partial charge on any atom is -0.374 e. The van der Waals surface area contributed by atoms with Gasteiger partial charge in [0.05, 0.1) is 12.2 Å². The van der Waals surface area contributed by atoms with Gasteiger partial charge in [-0.05, 0) is 32.6 Å². The van der Waals surface area contributed by atoms with Gasteiger partial charge in [-0.3, -0.25) is 0 Å². The van der Waals surface area contributed by atoms with Gasteiger partial charge in [0.1, 0.15) is 0 Å². The summed E-state index contributed by atoms with van der Waals surface area (Å²) in [6.45, 7) is 5.79. The Labute approximate surface area is 74.8 Å². The van der Waals surface area contributed by atoms with Crippen molar-refractivity contribution in [2.24, 2.45) is 5.73 Å². The first kappa shape index (κ1) is 9.75. The van der Waals surface area contributed by atoms with Crippen molar-refractivity contribution in [2.75, 3.05) is 0 Å². The molecule has 1 fully saturated rings. The van der Waals surface area contributed by atoms with Crippen LogP contribution in [0.2, 0.25) is 0 Å². The largest absolute Gasteiger partial charge is 0.374 e. The molecular formula is C10H19NO. The second kappa shape index (κ2) is 4.63. The third-order valence-electron chi connectivity index (χ3n) is 2.45. The predicted molar refractivity (Wildman–Crippen MR) is 51.0 cm³/mol. The van der Waals surface area contributed by atoms with Crippen LogP contribution in [0.5, 0.6) is 0 Å². The summed E-state index contributed by atoms with van der Waals surface area (Å²) in [5.41, 5.74) is 5.95. The molecule has 3 unspecified atom stereocenters. The van der Waals surface area contributed by atoms with E-state index in [1.165, 1.54) is 0 Å². The standard InChI is InChI=1S/C10H19NO/c1-3-4-5-9(11)10-7-6-8(2)12-10/h3,8-10H,1,4-7,11H2,2H3. The molecule has 0 aliphatic carbocycles. The van der Waals surface area contributed by atoms with E-state index in [-0.39, 0.29) is 6.04 Å². The Bertz CT molecular complexity index is 147. The smallest absolute Gasteiger partial charge is 0.0730 e. The van der Waals surface area contributed by atoms with E-state index in [1.54, 1.807) is 0 Å². The monoisotopic (exact) mass is 169 g/mol. The molecule has 0 bridgehead atoms. The topological polar surface area (TPSA) is 35.2 Å². The summed E-state index contributed by atoms with van der Waals surface area (Å²) in [5, 5.41) is 0. The van der Waals surface area contributed by atoms with Gasteiger partial charge in [0.15, 0.2) is 0 Å². The molecule has 0 aromatic rings. The van der Waals surface area contributed by atoms with Crippen LogP contribution >= 0.6 is 0 Å². The molecule has 0 amide bonds. The maximum Gasteiger partial charge on any atom is 0.0730 e. The van der Waals surface area contributed by atoms with E-state index in [0.29, 0.717) is 12.2 Å². The number of hydrogen-bond donors (Lipinski definition) is 1. The zero-order valence-corrected chi connectivity index (χ0v) is 7.83. The highest BCUT2D eigenvalue weighted by molar-refractivity contribution is 4.82. The van der Waals surface area contributed by atoms with E-state index in [1.807, 2.05) is 6.08 Å². The van der Waals surface area contributed by atoms with Crippen molar-refractivity contribution in [3.63, 3.8) is 0 Å². The molecule has 2 heteroatoms. The Balaban J connectivity index is 2.22. The van der Waals surface area contributed by atoms with Crippen molar-refractivity contribution in [1.29, 1.82) is 0 Å². The van der Waals surface area contributed by atoms with E-state index < -0.39 is 0 Å². The lowest BCUT2D eigenvalue weighted by atomic mass is 10.0. The van der Waals surface area contributed by atoms with Crippen LogP contribution in [0.3, 0.4) is 0 Å². The summed E-state index contributed by atoms with van der Waals surface area (Å²) in [4.78, 5) is 0. The molecule has 12 heavy (non-hydrogen) atoms. The maximum absolute atomic E-state index is 5.95. The summed E-state index contributed by atoms with van der Waals surface area (Å²) >= 11 is 0. The van der Waals surface area contributed by atoms with Crippen LogP contribution < -0.4 is 5.73 Å². The summed E-state index contributed by atoms with van der Waals surface area (Å²) in [7, 11) is 0. The average molecular weight is 169 g/mol. The van der Waals surface area contributed by atoms with E-state index in [4.69, 9.17) is 10.5 Å². The molecule has 2 nitrogen and oxygen atoms in total. The fourth-order valence-corrected chi connectivity index (χ4v) is 1.64. The average Bonchev–Trinajstić information content (AvgIpc) is 2.47. The van der Waals surface area contributed by atoms with Gasteiger partial charge >= 0.3 is 0 Å². The number of ether oxygens (including phenoxy) is 1. The van der Waals surface area contributed by atoms with Crippen LogP contribution in [-0.2, 0) is 4.74 Å². The van der Waals surface area contributed by atoms with Crippen molar-refractivity contribution in [3.8, 4) is 0 Å². The fourth-order valence-electron chi connectivity index (χ4n) is 1.64. The number of allylic oxidation sites excluding steroid dienone is 1. The first-order chi connectivity index (χ1) is 5.74. The molecule has 1 saturated heterocycles. The Kier molecular flexibility index (Phi) is 3.76. The van der Waals surface area contributed by atoms with Gasteiger partial charge in [-0.15, -0.1) is 6.58 Å². The molecule has 1 heterocycles. The zero-order chi connectivity index (χ0) is 8.97. The van der Waals surface area contributed by atoms with Gasteiger partial charge in [0.25, 0.3) is 0 Å². The second-order valence-corrected chi connectivity index (χ2v) is 3.59. The summed E-state index contributed by atoms with van der Waals surface area (Å²) in [6, 6.07) is 0.202. The molecule has 70 valence electrons. The fraction of sp³-hybridized carbons (Fsp3) is 0.800. The van der Waals surface area contributed by atoms with Crippen LogP contribution in [0.1, 0.15) is 32.6 Å². The molecule has 0 saturated carbocycles. The minimum absolute atomic E-state index is 0.202. The van der Waals surface area contributed by atoms with E-state index in [9.17, 15) is 0 Å². The normalized spacial score (nSPS) is 31.8. The Hall–Kier alpha value is -0.340. The predicted octanol–water partition coefficient (Wildman–Crippen LogP) is 1.85. The Morgan fingerprint density at radius 3 is 2.92 bits per heavy atom. The molecule has 0 radical (unpaired) electrons. The third-order valence-corrected chi connectivity index (χ3v) is 2.45. The summed E-state index contributed by atoms with van der Waals surface area (Å²) in [6.07, 6.45) is 6.89. The lowest BCUT2D eigenvalue weighted by molar-refractivity contribution is 0.0389. The minimum atomic E-state index is 0.202. The van der Waals surface area contributed by atoms with Crippen molar-refractivity contribution in [3.05, 3.63) is 12.7 Å². The van der Waals surface area contributed by atoms with Crippen molar-refractivity contribution in [1.82, 2.24) is 0 Å². The van der Waals surface area contributed by atoms with Gasteiger partial charge in [0.2, 0.25) is 0 Å². The van der Waals surface area contributed by atoms with Crippen LogP contribution in [-0.4, -0.2) is 18.2 Å². The van der Waals surface area contributed by atoms with Gasteiger partial charge in [-0.25, -0.2) is 0 Å². The first-order valence-electron chi connectivity index (χ1n) is 4.76. The molecule has 2 N–H and O–H groups in total. The van der Waals surface area contributed by atoms with E-state index in [2.05, 4.69) is 13.5 Å². The highest BCUT2D eigenvalue weighted by Crippen LogP contribution is 2.22. The molecule has 0 spiro atoms. The lowest BCUT2D eigenvalue weighted by Gasteiger charge is -2.18. The van der Waals surface area contributed by atoms with Gasteiger partial charge in [0, 0.05) is 6.04 Å². The Morgan fingerprint density at radius 2 is 2.42 bits per heavy atom. The lowest BCUT2D eigenvalue weighted by Crippen LogP contribution is -2.34. The zero-order valence-electron chi connectivity index (χ0n) is 7.83. The van der Waals surface area contributed by atoms with Crippen LogP contribution in [0.25, 0.3) is 0 Å². The van der Waals surface area contributed by atoms with Crippen molar-refractivity contribution in [2.45, 2.75) is 50.9 Å². The van der Waals surface area contributed by atoms with Crippen LogP contribution in [0.4, 0.5) is 0 Å². The van der Waals surface area contributed by atoms with Crippen molar-refractivity contribution >= 4 is 0 Å². The highest BCUT2D eigenvalue weighted by Gasteiger charge is 2.26. The third kappa shape index (κ3) is 2.61. The van der Waals surface area contributed by atoms with Crippen molar-refractivity contribution < 1.29 is 4.74 Å². The molecular weight excluding hydrogens is 150 g/mol. The number of nitrogens with two attached hydrogens (primary N) is 1. The van der Waals surface area contributed by atoms with Crippen LogP contribution in [0, 0.1) is 0 Å². The molecule has 0 aromatic carbocycles. The summed E-state index contributed by atoms with van der Waals surface area (Å²) < 4.78 is 5.66. The highest BCUT2D eigenvalue weighted by atomic mass is 16.5. The second-order valence-electron chi connectivity index (χ2n) is 3.59. The summed E-state index contributed by atoms with van der Waals surface area (Å²) in [5.74, 6) is 0. The van der Waals surface area contributed by atoms with Gasteiger partial charge in [-0.1, -0.05) is 6.08 Å².